The molecular formula is C17H25N3O. The summed E-state index contributed by atoms with van der Waals surface area (Å²) in [6.45, 7) is 7.93. The quantitative estimate of drug-likeness (QED) is 0.854. The first-order chi connectivity index (χ1) is 10.2. The van der Waals surface area contributed by atoms with E-state index in [-0.39, 0.29) is 5.60 Å². The highest BCUT2D eigenvalue weighted by Gasteiger charge is 2.43. The second-order valence-corrected chi connectivity index (χ2v) is 6.77. The molecule has 3 heterocycles. The Kier molecular flexibility index (Phi) is 4.24. The number of hydrogen-bond acceptors (Lipinski definition) is 4. The van der Waals surface area contributed by atoms with Crippen LogP contribution in [0.3, 0.4) is 0 Å². The minimum atomic E-state index is -0.109. The van der Waals surface area contributed by atoms with Gasteiger partial charge in [-0.25, -0.2) is 0 Å². The Balaban J connectivity index is 1.62. The topological polar surface area (TPSA) is 37.7 Å². The monoisotopic (exact) mass is 287 g/mol. The van der Waals surface area contributed by atoms with Gasteiger partial charge < -0.3 is 4.84 Å². The molecule has 114 valence electrons. The third kappa shape index (κ3) is 3.43. The van der Waals surface area contributed by atoms with Gasteiger partial charge in [0.25, 0.3) is 0 Å². The van der Waals surface area contributed by atoms with Gasteiger partial charge in [-0.05, 0) is 50.4 Å². The van der Waals surface area contributed by atoms with Crippen molar-refractivity contribution in [3.05, 3.63) is 30.1 Å². The lowest BCUT2D eigenvalue weighted by molar-refractivity contribution is -0.0691. The molecule has 1 spiro atoms. The molecule has 0 aliphatic carbocycles. The first-order valence-electron chi connectivity index (χ1n) is 8.06. The Morgan fingerprint density at radius 1 is 1.38 bits per heavy atom. The van der Waals surface area contributed by atoms with Gasteiger partial charge in [0.1, 0.15) is 5.71 Å². The standard InChI is InChI=1S/C17H25N3O/c1-14(2)7-11-20-10-5-8-17(13-20)12-16(19-21-17)15-6-3-4-9-18-15/h3-4,6,9,14H,5,7-8,10-13H2,1-2H3. The molecule has 0 radical (unpaired) electrons. The zero-order valence-electron chi connectivity index (χ0n) is 13.1. The largest absolute Gasteiger partial charge is 0.387 e. The van der Waals surface area contributed by atoms with Gasteiger partial charge in [0.05, 0.1) is 5.69 Å². The Morgan fingerprint density at radius 3 is 3.05 bits per heavy atom. The van der Waals surface area contributed by atoms with E-state index >= 15 is 0 Å². The second-order valence-electron chi connectivity index (χ2n) is 6.77. The van der Waals surface area contributed by atoms with E-state index in [2.05, 4.69) is 28.9 Å². The minimum Gasteiger partial charge on any atom is -0.387 e. The molecule has 0 aromatic carbocycles. The lowest BCUT2D eigenvalue weighted by atomic mass is 9.87. The van der Waals surface area contributed by atoms with E-state index in [1.165, 1.54) is 25.9 Å². The van der Waals surface area contributed by atoms with E-state index in [0.29, 0.717) is 0 Å². The molecule has 1 unspecified atom stereocenters. The Bertz CT molecular complexity index is 500. The summed E-state index contributed by atoms with van der Waals surface area (Å²) in [7, 11) is 0. The summed E-state index contributed by atoms with van der Waals surface area (Å²) < 4.78 is 0. The molecule has 1 fully saturated rings. The van der Waals surface area contributed by atoms with Gasteiger partial charge in [0.15, 0.2) is 5.60 Å². The molecule has 0 amide bonds. The first-order valence-corrected chi connectivity index (χ1v) is 8.06. The van der Waals surface area contributed by atoms with Gasteiger partial charge in [-0.2, -0.15) is 0 Å². The number of rotatable bonds is 4. The summed E-state index contributed by atoms with van der Waals surface area (Å²) >= 11 is 0. The number of likely N-dealkylation sites (tertiary alicyclic amines) is 1. The maximum Gasteiger partial charge on any atom is 0.156 e. The highest BCUT2D eigenvalue weighted by Crippen LogP contribution is 2.34. The van der Waals surface area contributed by atoms with Gasteiger partial charge in [-0.15, -0.1) is 0 Å². The zero-order valence-corrected chi connectivity index (χ0v) is 13.1. The number of piperidine rings is 1. The average molecular weight is 287 g/mol. The molecule has 4 nitrogen and oxygen atoms in total. The molecule has 2 aliphatic rings. The molecule has 1 aromatic heterocycles. The summed E-state index contributed by atoms with van der Waals surface area (Å²) in [5, 5.41) is 4.34. The van der Waals surface area contributed by atoms with Crippen molar-refractivity contribution in [2.45, 2.75) is 45.1 Å². The van der Waals surface area contributed by atoms with E-state index in [4.69, 9.17) is 4.84 Å². The molecule has 4 heteroatoms. The predicted octanol–water partition coefficient (Wildman–Crippen LogP) is 3.09. The highest BCUT2D eigenvalue weighted by atomic mass is 16.7. The average Bonchev–Trinajstić information content (AvgIpc) is 2.90. The van der Waals surface area contributed by atoms with Crippen LogP contribution < -0.4 is 0 Å². The van der Waals surface area contributed by atoms with Crippen LogP contribution in [-0.4, -0.2) is 40.8 Å². The normalized spacial score (nSPS) is 26.1. The zero-order chi connectivity index (χ0) is 14.7. The van der Waals surface area contributed by atoms with Crippen LogP contribution in [0.25, 0.3) is 0 Å². The smallest absolute Gasteiger partial charge is 0.156 e. The van der Waals surface area contributed by atoms with Gasteiger partial charge in [0.2, 0.25) is 0 Å². The van der Waals surface area contributed by atoms with Crippen molar-refractivity contribution in [2.24, 2.45) is 11.1 Å². The molecule has 2 aliphatic heterocycles. The van der Waals surface area contributed by atoms with Crippen LogP contribution in [0.2, 0.25) is 0 Å². The van der Waals surface area contributed by atoms with Crippen molar-refractivity contribution in [3.8, 4) is 0 Å². The van der Waals surface area contributed by atoms with Crippen molar-refractivity contribution < 1.29 is 4.84 Å². The first kappa shape index (κ1) is 14.5. The molecule has 1 aromatic rings. The van der Waals surface area contributed by atoms with Crippen molar-refractivity contribution in [3.63, 3.8) is 0 Å². The maximum atomic E-state index is 5.89. The summed E-state index contributed by atoms with van der Waals surface area (Å²) in [5.41, 5.74) is 1.84. The third-order valence-corrected chi connectivity index (χ3v) is 4.44. The Hall–Kier alpha value is -1.42. The molecule has 0 N–H and O–H groups in total. The van der Waals surface area contributed by atoms with Crippen LogP contribution >= 0.6 is 0 Å². The van der Waals surface area contributed by atoms with E-state index < -0.39 is 0 Å². The second kappa shape index (κ2) is 6.14. The van der Waals surface area contributed by atoms with Crippen molar-refractivity contribution in [1.29, 1.82) is 0 Å². The van der Waals surface area contributed by atoms with Gasteiger partial charge >= 0.3 is 0 Å². The molecule has 1 saturated heterocycles. The van der Waals surface area contributed by atoms with Crippen LogP contribution in [0.4, 0.5) is 0 Å². The lowest BCUT2D eigenvalue weighted by Gasteiger charge is -2.38. The summed E-state index contributed by atoms with van der Waals surface area (Å²) in [5.74, 6) is 0.757. The summed E-state index contributed by atoms with van der Waals surface area (Å²) in [6, 6.07) is 5.95. The Morgan fingerprint density at radius 2 is 2.29 bits per heavy atom. The molecule has 0 saturated carbocycles. The molecule has 1 atom stereocenters. The van der Waals surface area contributed by atoms with Crippen molar-refractivity contribution in [1.82, 2.24) is 9.88 Å². The highest BCUT2D eigenvalue weighted by molar-refractivity contribution is 6.00. The number of oxime groups is 1. The van der Waals surface area contributed by atoms with Crippen molar-refractivity contribution in [2.75, 3.05) is 19.6 Å². The van der Waals surface area contributed by atoms with Crippen LogP contribution in [0, 0.1) is 5.92 Å². The molecule has 3 rings (SSSR count). The van der Waals surface area contributed by atoms with Gasteiger partial charge in [-0.1, -0.05) is 25.1 Å². The number of hydrogen-bond donors (Lipinski definition) is 0. The van der Waals surface area contributed by atoms with E-state index in [0.717, 1.165) is 36.7 Å². The number of aromatic nitrogens is 1. The fourth-order valence-electron chi connectivity index (χ4n) is 3.23. The van der Waals surface area contributed by atoms with Gasteiger partial charge in [-0.3, -0.25) is 9.88 Å². The fraction of sp³-hybridized carbons (Fsp3) is 0.647. The van der Waals surface area contributed by atoms with Crippen LogP contribution in [0.15, 0.2) is 29.6 Å². The van der Waals surface area contributed by atoms with Crippen LogP contribution in [-0.2, 0) is 4.84 Å². The van der Waals surface area contributed by atoms with Crippen LogP contribution in [0.5, 0.6) is 0 Å². The molecule has 21 heavy (non-hydrogen) atoms. The summed E-state index contributed by atoms with van der Waals surface area (Å²) in [4.78, 5) is 12.8. The predicted molar refractivity (Wildman–Crippen MR) is 84.3 cm³/mol. The van der Waals surface area contributed by atoms with E-state index in [1.54, 1.807) is 0 Å². The number of nitrogens with zero attached hydrogens (tertiary/aromatic N) is 3. The summed E-state index contributed by atoms with van der Waals surface area (Å²) in [6.07, 6.45) is 6.26. The van der Waals surface area contributed by atoms with Crippen molar-refractivity contribution >= 4 is 5.71 Å². The van der Waals surface area contributed by atoms with Gasteiger partial charge in [0, 0.05) is 19.2 Å². The van der Waals surface area contributed by atoms with E-state index in [1.807, 2.05) is 24.4 Å². The Labute approximate surface area is 127 Å². The fourth-order valence-corrected chi connectivity index (χ4v) is 3.23. The minimum absolute atomic E-state index is 0.109. The SMILES string of the molecule is CC(C)CCN1CCCC2(CC(c3ccccn3)=NO2)C1. The number of pyridine rings is 1. The maximum absolute atomic E-state index is 5.89. The molecule has 0 bridgehead atoms. The third-order valence-electron chi connectivity index (χ3n) is 4.44. The molecular weight excluding hydrogens is 262 g/mol. The van der Waals surface area contributed by atoms with Crippen LogP contribution in [0.1, 0.15) is 45.2 Å². The van der Waals surface area contributed by atoms with E-state index in [9.17, 15) is 0 Å². The lowest BCUT2D eigenvalue weighted by Crippen LogP contribution is -2.48.